The van der Waals surface area contributed by atoms with Gasteiger partial charge >= 0.3 is 0 Å². The summed E-state index contributed by atoms with van der Waals surface area (Å²) < 4.78 is 0. The molecule has 3 aromatic rings. The molecule has 3 aromatic carbocycles. The van der Waals surface area contributed by atoms with Crippen LogP contribution >= 0.6 is 11.6 Å². The van der Waals surface area contributed by atoms with Crippen LogP contribution in [0.3, 0.4) is 0 Å². The highest BCUT2D eigenvalue weighted by Gasteiger charge is 2.38. The molecule has 178 valence electrons. The van der Waals surface area contributed by atoms with E-state index in [0.717, 1.165) is 4.90 Å². The Hall–Kier alpha value is -4.13. The second-order valence-corrected chi connectivity index (χ2v) is 9.18. The van der Waals surface area contributed by atoms with Crippen molar-refractivity contribution in [2.45, 2.75) is 32.4 Å². The molecule has 1 unspecified atom stereocenters. The van der Waals surface area contributed by atoms with E-state index >= 15 is 0 Å². The van der Waals surface area contributed by atoms with Gasteiger partial charge in [-0.05, 0) is 50.1 Å². The van der Waals surface area contributed by atoms with Gasteiger partial charge in [0, 0.05) is 32.4 Å². The van der Waals surface area contributed by atoms with Crippen molar-refractivity contribution < 1.29 is 14.4 Å². The van der Waals surface area contributed by atoms with Gasteiger partial charge in [-0.25, -0.2) is 0 Å². The number of carbonyl (C=O) groups is 3. The van der Waals surface area contributed by atoms with Crippen molar-refractivity contribution in [2.75, 3.05) is 4.90 Å². The Bertz CT molecular complexity index is 1300. The summed E-state index contributed by atoms with van der Waals surface area (Å²) in [4.78, 5) is 44.7. The predicted octanol–water partition coefficient (Wildman–Crippen LogP) is 6.15. The van der Waals surface area contributed by atoms with E-state index < -0.39 is 29.2 Å². The molecule has 0 bridgehead atoms. The minimum Gasteiger partial charge on any atom is -0.349 e. The summed E-state index contributed by atoms with van der Waals surface area (Å²) in [6, 6.07) is 19.4. The van der Waals surface area contributed by atoms with E-state index in [-0.39, 0.29) is 22.5 Å². The minimum atomic E-state index is -1.34. The van der Waals surface area contributed by atoms with Crippen LogP contribution in [0.5, 0.6) is 0 Å². The van der Waals surface area contributed by atoms with Crippen LogP contribution in [0.1, 0.15) is 42.7 Å². The van der Waals surface area contributed by atoms with Gasteiger partial charge < -0.3 is 5.32 Å². The molecule has 0 aliphatic carbocycles. The van der Waals surface area contributed by atoms with Crippen molar-refractivity contribution in [3.8, 4) is 0 Å². The standard InChI is InChI=1S/C26H24ClN5O3/c1-26(2,3)29-24(34)22(20-14-7-8-15-21(20)30-31-28)32(19-13-9-12-18(27)16-19)25(35)23(33)17-10-5-4-6-11-17/h4-16,22H,1-3H3,(H,29,34). The average molecular weight is 490 g/mol. The highest BCUT2D eigenvalue weighted by molar-refractivity contribution is 6.47. The van der Waals surface area contributed by atoms with Crippen LogP contribution < -0.4 is 10.2 Å². The van der Waals surface area contributed by atoms with Gasteiger partial charge in [0.05, 0.1) is 0 Å². The third kappa shape index (κ3) is 6.26. The van der Waals surface area contributed by atoms with Crippen LogP contribution in [-0.4, -0.2) is 23.1 Å². The molecule has 0 fully saturated rings. The Kier molecular flexibility index (Phi) is 7.91. The first-order valence-electron chi connectivity index (χ1n) is 10.8. The second kappa shape index (κ2) is 10.9. The van der Waals surface area contributed by atoms with Gasteiger partial charge in [0.1, 0.15) is 6.04 Å². The van der Waals surface area contributed by atoms with Crippen LogP contribution in [0, 0.1) is 0 Å². The number of nitrogens with zero attached hydrogens (tertiary/aromatic N) is 4. The van der Waals surface area contributed by atoms with E-state index in [1.54, 1.807) is 75.4 Å². The zero-order chi connectivity index (χ0) is 25.6. The number of anilines is 1. The molecular formula is C26H24ClN5O3. The highest BCUT2D eigenvalue weighted by Crippen LogP contribution is 2.35. The van der Waals surface area contributed by atoms with Crippen molar-refractivity contribution >= 4 is 40.6 Å². The van der Waals surface area contributed by atoms with E-state index in [0.29, 0.717) is 5.02 Å². The summed E-state index contributed by atoms with van der Waals surface area (Å²) in [5, 5.41) is 6.90. The number of carbonyl (C=O) groups excluding carboxylic acids is 3. The lowest BCUT2D eigenvalue weighted by atomic mass is 9.98. The fraction of sp³-hybridized carbons (Fsp3) is 0.192. The van der Waals surface area contributed by atoms with E-state index in [1.807, 2.05) is 0 Å². The summed E-state index contributed by atoms with van der Waals surface area (Å²) in [6.45, 7) is 5.38. The molecule has 0 saturated heterocycles. The molecule has 0 aliphatic rings. The van der Waals surface area contributed by atoms with Gasteiger partial charge in [-0.15, -0.1) is 0 Å². The molecule has 8 nitrogen and oxygen atoms in total. The molecule has 0 heterocycles. The number of halogens is 1. The largest absolute Gasteiger partial charge is 0.349 e. The van der Waals surface area contributed by atoms with Crippen molar-refractivity contribution in [3.05, 3.63) is 105 Å². The van der Waals surface area contributed by atoms with Gasteiger partial charge in [0.25, 0.3) is 11.7 Å². The molecule has 0 spiro atoms. The number of rotatable bonds is 7. The second-order valence-electron chi connectivity index (χ2n) is 8.74. The molecule has 9 heteroatoms. The Labute approximate surface area is 208 Å². The number of benzene rings is 3. The van der Waals surface area contributed by atoms with Gasteiger partial charge in [-0.1, -0.05) is 77.4 Å². The molecular weight excluding hydrogens is 466 g/mol. The maximum absolute atomic E-state index is 13.8. The Morgan fingerprint density at radius 3 is 2.26 bits per heavy atom. The first-order chi connectivity index (χ1) is 16.6. The normalized spacial score (nSPS) is 11.7. The van der Waals surface area contributed by atoms with Gasteiger partial charge in [-0.3, -0.25) is 19.3 Å². The number of hydrogen-bond acceptors (Lipinski definition) is 4. The highest BCUT2D eigenvalue weighted by atomic mass is 35.5. The fourth-order valence-electron chi connectivity index (χ4n) is 3.53. The van der Waals surface area contributed by atoms with Crippen LogP contribution in [0.4, 0.5) is 11.4 Å². The fourth-order valence-corrected chi connectivity index (χ4v) is 3.71. The zero-order valence-corrected chi connectivity index (χ0v) is 20.2. The van der Waals surface area contributed by atoms with Crippen LogP contribution in [0.15, 0.2) is 84.0 Å². The molecule has 1 N–H and O–H groups in total. The third-order valence-corrected chi connectivity index (χ3v) is 5.16. The lowest BCUT2D eigenvalue weighted by Crippen LogP contribution is -2.50. The Balaban J connectivity index is 2.27. The number of hydrogen-bond donors (Lipinski definition) is 1. The van der Waals surface area contributed by atoms with Crippen LogP contribution in [-0.2, 0) is 9.59 Å². The smallest absolute Gasteiger partial charge is 0.300 e. The molecule has 3 rings (SSSR count). The topological polar surface area (TPSA) is 115 Å². The lowest BCUT2D eigenvalue weighted by molar-refractivity contribution is -0.126. The number of amides is 2. The van der Waals surface area contributed by atoms with Crippen molar-refractivity contribution in [2.24, 2.45) is 5.11 Å². The monoisotopic (exact) mass is 489 g/mol. The first-order valence-corrected chi connectivity index (χ1v) is 11.1. The van der Waals surface area contributed by atoms with E-state index in [1.165, 1.54) is 24.3 Å². The molecule has 0 aliphatic heterocycles. The molecule has 0 aromatic heterocycles. The maximum Gasteiger partial charge on any atom is 0.300 e. The first kappa shape index (κ1) is 25.5. The summed E-state index contributed by atoms with van der Waals surface area (Å²) in [6.07, 6.45) is 0. The predicted molar refractivity (Wildman–Crippen MR) is 136 cm³/mol. The number of nitrogens with one attached hydrogen (secondary N) is 1. The molecule has 0 saturated carbocycles. The average Bonchev–Trinajstić information content (AvgIpc) is 2.82. The van der Waals surface area contributed by atoms with E-state index in [4.69, 9.17) is 17.1 Å². The Morgan fingerprint density at radius 2 is 1.63 bits per heavy atom. The molecule has 35 heavy (non-hydrogen) atoms. The number of Topliss-reactive ketones (excluding diaryl/α,β-unsaturated/α-hetero) is 1. The summed E-state index contributed by atoms with van der Waals surface area (Å²) in [7, 11) is 0. The van der Waals surface area contributed by atoms with Gasteiger partial charge in [0.2, 0.25) is 5.91 Å². The SMILES string of the molecule is CC(C)(C)NC(=O)C(c1ccccc1N=[N+]=[N-])N(C(=O)C(=O)c1ccccc1)c1cccc(Cl)c1. The number of azide groups is 1. The minimum absolute atomic E-state index is 0.149. The third-order valence-electron chi connectivity index (χ3n) is 4.92. The van der Waals surface area contributed by atoms with Crippen molar-refractivity contribution in [1.29, 1.82) is 0 Å². The van der Waals surface area contributed by atoms with E-state index in [9.17, 15) is 14.4 Å². The van der Waals surface area contributed by atoms with Crippen molar-refractivity contribution in [1.82, 2.24) is 5.32 Å². The maximum atomic E-state index is 13.8. The van der Waals surface area contributed by atoms with Crippen LogP contribution in [0.2, 0.25) is 5.02 Å². The summed E-state index contributed by atoms with van der Waals surface area (Å²) >= 11 is 6.22. The number of ketones is 1. The lowest BCUT2D eigenvalue weighted by Gasteiger charge is -2.34. The molecule has 2 amide bonds. The Morgan fingerprint density at radius 1 is 0.971 bits per heavy atom. The van der Waals surface area contributed by atoms with Crippen molar-refractivity contribution in [3.63, 3.8) is 0 Å². The summed E-state index contributed by atoms with van der Waals surface area (Å²) in [5.74, 6) is -2.31. The summed E-state index contributed by atoms with van der Waals surface area (Å²) in [5.41, 5.74) is 9.24. The zero-order valence-electron chi connectivity index (χ0n) is 19.5. The van der Waals surface area contributed by atoms with Crippen LogP contribution in [0.25, 0.3) is 10.4 Å². The van der Waals surface area contributed by atoms with Gasteiger partial charge in [-0.2, -0.15) is 0 Å². The quantitative estimate of drug-likeness (QED) is 0.141. The molecule has 0 radical (unpaired) electrons. The van der Waals surface area contributed by atoms with Gasteiger partial charge in [0.15, 0.2) is 0 Å². The molecule has 1 atom stereocenters. The van der Waals surface area contributed by atoms with E-state index in [2.05, 4.69) is 15.3 Å².